The Bertz CT molecular complexity index is 561. The first-order valence-corrected chi connectivity index (χ1v) is 8.92. The Hall–Kier alpha value is -1.81. The summed E-state index contributed by atoms with van der Waals surface area (Å²) in [5, 5.41) is 0. The lowest BCUT2D eigenvalue weighted by molar-refractivity contribution is -0.147. The molecule has 1 aliphatic carbocycles. The van der Waals surface area contributed by atoms with Gasteiger partial charge in [0.1, 0.15) is 23.0 Å². The topological polar surface area (TPSA) is 78.9 Å². The molecule has 1 saturated carbocycles. The van der Waals surface area contributed by atoms with Crippen molar-refractivity contribution >= 4 is 20.9 Å². The van der Waals surface area contributed by atoms with E-state index >= 15 is 0 Å². The molecule has 0 N–H and O–H groups in total. The summed E-state index contributed by atoms with van der Waals surface area (Å²) in [4.78, 5) is 25.6. The second-order valence-corrected chi connectivity index (χ2v) is 5.68. The first kappa shape index (κ1) is 21.2. The quantitative estimate of drug-likeness (QED) is 0.317. The highest BCUT2D eigenvalue weighted by molar-refractivity contribution is 7.00. The van der Waals surface area contributed by atoms with Crippen LogP contribution in [-0.4, -0.2) is 32.6 Å². The molecule has 0 saturated heterocycles. The molecule has 140 valence electrons. The monoisotopic (exact) mass is 370 g/mol. The standard InChI is InChI=1S/C18H24O5.H3OP/c1-4-23-18(20)15(12-8-5-6-9-12)17(19)16-13(21-2)10-7-11-14(16)22-3;1-2/h7,10-12,15H,4-6,8-9H2,1-3H3;2H3. The van der Waals surface area contributed by atoms with E-state index in [4.69, 9.17) is 18.8 Å². The second-order valence-electron chi connectivity index (χ2n) is 5.68. The Morgan fingerprint density at radius 3 is 2.08 bits per heavy atom. The van der Waals surface area contributed by atoms with E-state index in [1.54, 1.807) is 25.1 Å². The van der Waals surface area contributed by atoms with E-state index < -0.39 is 11.9 Å². The molecule has 25 heavy (non-hydrogen) atoms. The van der Waals surface area contributed by atoms with Crippen LogP contribution < -0.4 is 9.47 Å². The van der Waals surface area contributed by atoms with Crippen molar-refractivity contribution in [1.29, 1.82) is 0 Å². The largest absolute Gasteiger partial charge is 0.496 e. The average molecular weight is 370 g/mol. The minimum Gasteiger partial charge on any atom is -0.496 e. The number of carbonyl (C=O) groups excluding carboxylic acids is 2. The van der Waals surface area contributed by atoms with Gasteiger partial charge >= 0.3 is 5.97 Å². The van der Waals surface area contributed by atoms with Gasteiger partial charge in [-0.1, -0.05) is 18.9 Å². The lowest BCUT2D eigenvalue weighted by Crippen LogP contribution is -2.32. The van der Waals surface area contributed by atoms with Crippen molar-refractivity contribution in [2.75, 3.05) is 20.8 Å². The number of esters is 1. The summed E-state index contributed by atoms with van der Waals surface area (Å²) >= 11 is 0. The second kappa shape index (κ2) is 10.9. The molecule has 0 heterocycles. The highest BCUT2D eigenvalue weighted by atomic mass is 31.0. The summed E-state index contributed by atoms with van der Waals surface area (Å²) in [6.45, 7) is 2.01. The van der Waals surface area contributed by atoms with Crippen LogP contribution in [0.2, 0.25) is 0 Å². The normalized spacial score (nSPS) is 15.0. The molecule has 1 fully saturated rings. The molecule has 0 bridgehead atoms. The van der Waals surface area contributed by atoms with Crippen molar-refractivity contribution in [3.05, 3.63) is 23.8 Å². The average Bonchev–Trinajstić information content (AvgIpc) is 3.17. The van der Waals surface area contributed by atoms with Crippen molar-refractivity contribution < 1.29 is 28.4 Å². The Morgan fingerprint density at radius 1 is 1.12 bits per heavy atom. The third-order valence-electron chi connectivity index (χ3n) is 4.37. The first-order chi connectivity index (χ1) is 12.1. The van der Waals surface area contributed by atoms with Gasteiger partial charge in [0.05, 0.1) is 29.9 Å². The summed E-state index contributed by atoms with van der Waals surface area (Å²) < 4.78 is 24.1. The van der Waals surface area contributed by atoms with Crippen LogP contribution in [0.15, 0.2) is 18.2 Å². The number of methoxy groups -OCH3 is 2. The van der Waals surface area contributed by atoms with Crippen LogP contribution >= 0.6 is 9.12 Å². The van der Waals surface area contributed by atoms with Gasteiger partial charge in [-0.2, -0.15) is 0 Å². The zero-order valence-electron chi connectivity index (χ0n) is 15.1. The van der Waals surface area contributed by atoms with E-state index in [-0.39, 0.29) is 18.3 Å². The summed E-state index contributed by atoms with van der Waals surface area (Å²) in [6.07, 6.45) is 3.81. The molecule has 1 aromatic rings. The van der Waals surface area contributed by atoms with Crippen LogP contribution in [0.5, 0.6) is 11.5 Å². The predicted octanol–water partition coefficient (Wildman–Crippen LogP) is 3.20. The Labute approximate surface area is 150 Å². The van der Waals surface area contributed by atoms with E-state index in [0.717, 1.165) is 25.7 Å². The number of hydrogen-bond donors (Lipinski definition) is 0. The molecule has 1 aliphatic rings. The Morgan fingerprint density at radius 2 is 1.64 bits per heavy atom. The summed E-state index contributed by atoms with van der Waals surface area (Å²) in [6, 6.07) is 5.16. The van der Waals surface area contributed by atoms with Gasteiger partial charge in [0, 0.05) is 0 Å². The van der Waals surface area contributed by atoms with Crippen molar-refractivity contribution in [1.82, 2.24) is 0 Å². The number of Topliss-reactive ketones (excluding diaryl/α,β-unsaturated/α-hetero) is 1. The van der Waals surface area contributed by atoms with Crippen LogP contribution in [0, 0.1) is 11.8 Å². The van der Waals surface area contributed by atoms with Gasteiger partial charge in [0.2, 0.25) is 0 Å². The van der Waals surface area contributed by atoms with Crippen molar-refractivity contribution in [2.24, 2.45) is 11.8 Å². The zero-order valence-corrected chi connectivity index (χ0v) is 16.5. The number of benzene rings is 1. The third-order valence-corrected chi connectivity index (χ3v) is 4.37. The minimum atomic E-state index is -0.789. The van der Waals surface area contributed by atoms with Gasteiger partial charge < -0.3 is 18.8 Å². The molecule has 0 spiro atoms. The molecule has 7 heteroatoms. The smallest absolute Gasteiger partial charge is 0.317 e. The maximum atomic E-state index is 13.1. The van der Waals surface area contributed by atoms with Crippen LogP contribution in [0.3, 0.4) is 0 Å². The molecule has 0 aliphatic heterocycles. The lowest BCUT2D eigenvalue weighted by Gasteiger charge is -2.22. The third kappa shape index (κ3) is 5.08. The van der Waals surface area contributed by atoms with E-state index in [1.165, 1.54) is 14.2 Å². The maximum absolute atomic E-state index is 13.1. The van der Waals surface area contributed by atoms with Crippen molar-refractivity contribution in [2.45, 2.75) is 32.6 Å². The van der Waals surface area contributed by atoms with Gasteiger partial charge in [0.25, 0.3) is 0 Å². The van der Waals surface area contributed by atoms with Crippen LogP contribution in [-0.2, 0) is 14.1 Å². The van der Waals surface area contributed by atoms with Crippen molar-refractivity contribution in [3.63, 3.8) is 0 Å². The van der Waals surface area contributed by atoms with Gasteiger partial charge in [-0.15, -0.1) is 0 Å². The number of ether oxygens (including phenoxy) is 3. The van der Waals surface area contributed by atoms with Crippen molar-refractivity contribution in [3.8, 4) is 11.5 Å². The summed E-state index contributed by atoms with van der Waals surface area (Å²) in [5.74, 6) is -0.649. The zero-order chi connectivity index (χ0) is 18.8. The fourth-order valence-corrected chi connectivity index (χ4v) is 3.29. The number of hydrogen-bond acceptors (Lipinski definition) is 6. The molecule has 1 aromatic carbocycles. The molecule has 2 unspecified atom stereocenters. The Kier molecular flexibility index (Phi) is 9.28. The summed E-state index contributed by atoms with van der Waals surface area (Å²) in [5.41, 5.74) is 0.322. The molecule has 0 aromatic heterocycles. The van der Waals surface area contributed by atoms with Gasteiger partial charge in [-0.05, 0) is 37.8 Å². The van der Waals surface area contributed by atoms with Crippen LogP contribution in [0.4, 0.5) is 0 Å². The van der Waals surface area contributed by atoms with Crippen LogP contribution in [0.1, 0.15) is 43.0 Å². The molecule has 2 atom stereocenters. The molecule has 0 radical (unpaired) electrons. The van der Waals surface area contributed by atoms with E-state index in [9.17, 15) is 9.59 Å². The fourth-order valence-electron chi connectivity index (χ4n) is 3.29. The molecular weight excluding hydrogens is 343 g/mol. The minimum absolute atomic E-state index is 0.0242. The highest BCUT2D eigenvalue weighted by Gasteiger charge is 2.40. The fraction of sp³-hybridized carbons (Fsp3) is 0.556. The van der Waals surface area contributed by atoms with Gasteiger partial charge in [0.15, 0.2) is 5.78 Å². The summed E-state index contributed by atoms with van der Waals surface area (Å²) in [7, 11) is 3.61. The van der Waals surface area contributed by atoms with Gasteiger partial charge in [-0.3, -0.25) is 9.59 Å². The number of rotatable bonds is 7. The number of ketones is 1. The predicted molar refractivity (Wildman–Crippen MR) is 97.7 cm³/mol. The molecule has 2 rings (SSSR count). The molecule has 6 nitrogen and oxygen atoms in total. The Balaban J connectivity index is 0.00000151. The number of carbonyl (C=O) groups is 2. The highest BCUT2D eigenvalue weighted by Crippen LogP contribution is 2.38. The molecular formula is C18H27O6P. The molecule has 0 amide bonds. The van der Waals surface area contributed by atoms with Gasteiger partial charge in [-0.25, -0.2) is 0 Å². The first-order valence-electron chi connectivity index (χ1n) is 8.34. The van der Waals surface area contributed by atoms with E-state index in [2.05, 4.69) is 0 Å². The van der Waals surface area contributed by atoms with E-state index in [1.807, 2.05) is 0 Å². The van der Waals surface area contributed by atoms with Crippen LogP contribution in [0.25, 0.3) is 0 Å². The van der Waals surface area contributed by atoms with E-state index in [0.29, 0.717) is 26.2 Å². The maximum Gasteiger partial charge on any atom is 0.317 e. The lowest BCUT2D eigenvalue weighted by atomic mass is 9.84. The SMILES string of the molecule is CCOC(=O)C(C(=O)c1c(OC)cccc1OC)C1CCCC1.O=[PH3].